The van der Waals surface area contributed by atoms with Crippen LogP contribution in [0.1, 0.15) is 51.5 Å². The van der Waals surface area contributed by atoms with Crippen LogP contribution in [0.2, 0.25) is 0 Å². The molecule has 3 heteroatoms. The Kier molecular flexibility index (Phi) is 5.28. The van der Waals surface area contributed by atoms with Gasteiger partial charge in [-0.3, -0.25) is 0 Å². The van der Waals surface area contributed by atoms with Crippen LogP contribution < -0.4 is 0 Å². The summed E-state index contributed by atoms with van der Waals surface area (Å²) >= 11 is 0. The van der Waals surface area contributed by atoms with Crippen molar-refractivity contribution < 1.29 is 9.53 Å². The molecule has 120 valence electrons. The number of benzene rings is 1. The molecule has 1 aromatic carbocycles. The van der Waals surface area contributed by atoms with Gasteiger partial charge in [0.05, 0.1) is 0 Å². The molecule has 1 fully saturated rings. The van der Waals surface area contributed by atoms with Crippen molar-refractivity contribution in [2.45, 2.75) is 57.6 Å². The minimum absolute atomic E-state index is 0.173. The van der Waals surface area contributed by atoms with E-state index in [4.69, 9.17) is 4.74 Å². The molecule has 1 amide bonds. The van der Waals surface area contributed by atoms with E-state index in [0.717, 1.165) is 25.8 Å². The predicted octanol–water partition coefficient (Wildman–Crippen LogP) is 4.75. The Labute approximate surface area is 134 Å². The molecule has 2 rings (SSSR count). The number of hydrogen-bond acceptors (Lipinski definition) is 2. The zero-order chi connectivity index (χ0) is 16.2. The zero-order valence-electron chi connectivity index (χ0n) is 13.9. The maximum absolute atomic E-state index is 12.4. The summed E-state index contributed by atoms with van der Waals surface area (Å²) in [4.78, 5) is 14.3. The first-order valence-corrected chi connectivity index (χ1v) is 8.06. The van der Waals surface area contributed by atoms with Gasteiger partial charge in [-0.25, -0.2) is 4.79 Å². The monoisotopic (exact) mass is 301 g/mol. The van der Waals surface area contributed by atoms with Gasteiger partial charge in [0.1, 0.15) is 5.60 Å². The van der Waals surface area contributed by atoms with Crippen molar-refractivity contribution in [1.29, 1.82) is 0 Å². The smallest absolute Gasteiger partial charge is 0.410 e. The van der Waals surface area contributed by atoms with Crippen LogP contribution in [0.25, 0.3) is 0 Å². The maximum Gasteiger partial charge on any atom is 0.410 e. The number of ether oxygens (including phenoxy) is 1. The van der Waals surface area contributed by atoms with E-state index in [-0.39, 0.29) is 12.1 Å². The number of hydrogen-bond donors (Lipinski definition) is 0. The van der Waals surface area contributed by atoms with Crippen LogP contribution in [0.4, 0.5) is 4.79 Å². The molecule has 0 saturated carbocycles. The van der Waals surface area contributed by atoms with Crippen LogP contribution in [-0.4, -0.2) is 29.2 Å². The Morgan fingerprint density at radius 3 is 2.64 bits per heavy atom. The summed E-state index contributed by atoms with van der Waals surface area (Å²) in [5, 5.41) is 0. The number of likely N-dealkylation sites (tertiary alicyclic amines) is 1. The Morgan fingerprint density at radius 2 is 2.05 bits per heavy atom. The molecule has 0 spiro atoms. The molecule has 0 radical (unpaired) electrons. The van der Waals surface area contributed by atoms with E-state index in [9.17, 15) is 4.79 Å². The second-order valence-electron chi connectivity index (χ2n) is 6.98. The van der Waals surface area contributed by atoms with Crippen molar-refractivity contribution in [3.05, 3.63) is 48.6 Å². The molecule has 0 N–H and O–H groups in total. The predicted molar refractivity (Wildman–Crippen MR) is 90.0 cm³/mol. The summed E-state index contributed by atoms with van der Waals surface area (Å²) in [7, 11) is 0. The Hall–Kier alpha value is -1.77. The fourth-order valence-corrected chi connectivity index (χ4v) is 3.06. The first-order valence-electron chi connectivity index (χ1n) is 8.06. The molecule has 0 aromatic heterocycles. The average molecular weight is 301 g/mol. The molecule has 2 atom stereocenters. The average Bonchev–Trinajstić information content (AvgIpc) is 2.46. The van der Waals surface area contributed by atoms with E-state index >= 15 is 0 Å². The second-order valence-corrected chi connectivity index (χ2v) is 6.98. The van der Waals surface area contributed by atoms with Gasteiger partial charge in [0, 0.05) is 12.6 Å². The van der Waals surface area contributed by atoms with Gasteiger partial charge in [-0.1, -0.05) is 36.4 Å². The van der Waals surface area contributed by atoms with Crippen molar-refractivity contribution in [3.63, 3.8) is 0 Å². The molecular weight excluding hydrogens is 274 g/mol. The fourth-order valence-electron chi connectivity index (χ4n) is 3.06. The van der Waals surface area contributed by atoms with Gasteiger partial charge < -0.3 is 9.64 Å². The lowest BCUT2D eigenvalue weighted by atomic mass is 9.84. The van der Waals surface area contributed by atoms with E-state index < -0.39 is 5.60 Å². The Balaban J connectivity index is 2.08. The van der Waals surface area contributed by atoms with Crippen molar-refractivity contribution >= 4 is 6.09 Å². The molecule has 1 saturated heterocycles. The van der Waals surface area contributed by atoms with Gasteiger partial charge in [-0.05, 0) is 51.5 Å². The number of rotatable bonds is 3. The van der Waals surface area contributed by atoms with Gasteiger partial charge in [0.15, 0.2) is 0 Å². The van der Waals surface area contributed by atoms with Crippen LogP contribution in [-0.2, 0) is 4.74 Å². The zero-order valence-corrected chi connectivity index (χ0v) is 13.9. The highest BCUT2D eigenvalue weighted by molar-refractivity contribution is 5.68. The van der Waals surface area contributed by atoms with E-state index in [0.29, 0.717) is 5.92 Å². The highest BCUT2D eigenvalue weighted by Gasteiger charge is 2.33. The van der Waals surface area contributed by atoms with Gasteiger partial charge in [0.2, 0.25) is 0 Å². The van der Waals surface area contributed by atoms with Gasteiger partial charge in [-0.2, -0.15) is 0 Å². The van der Waals surface area contributed by atoms with Crippen LogP contribution in [0.15, 0.2) is 43.0 Å². The van der Waals surface area contributed by atoms with Crippen molar-refractivity contribution in [2.75, 3.05) is 6.54 Å². The molecule has 1 aromatic rings. The molecule has 0 aliphatic carbocycles. The highest BCUT2D eigenvalue weighted by atomic mass is 16.6. The van der Waals surface area contributed by atoms with Crippen LogP contribution in [0.5, 0.6) is 0 Å². The summed E-state index contributed by atoms with van der Waals surface area (Å²) in [6, 6.07) is 10.7. The van der Waals surface area contributed by atoms with Gasteiger partial charge in [0.25, 0.3) is 0 Å². The molecule has 1 heterocycles. The van der Waals surface area contributed by atoms with Crippen molar-refractivity contribution in [3.8, 4) is 0 Å². The molecular formula is C19H27NO2. The largest absolute Gasteiger partial charge is 0.444 e. The van der Waals surface area contributed by atoms with Crippen molar-refractivity contribution in [1.82, 2.24) is 4.90 Å². The molecule has 22 heavy (non-hydrogen) atoms. The SMILES string of the molecule is C=CC[C@H]1C[C@@H](c2ccccc2)CCN1C(=O)OC(C)(C)C. The number of carbonyl (C=O) groups excluding carboxylic acids is 1. The third kappa shape index (κ3) is 4.36. The Bertz CT molecular complexity index is 504. The summed E-state index contributed by atoms with van der Waals surface area (Å²) in [5.41, 5.74) is 0.909. The van der Waals surface area contributed by atoms with E-state index in [1.165, 1.54) is 5.56 Å². The minimum atomic E-state index is -0.452. The first kappa shape index (κ1) is 16.6. The lowest BCUT2D eigenvalue weighted by Crippen LogP contribution is -2.47. The highest BCUT2D eigenvalue weighted by Crippen LogP contribution is 2.33. The topological polar surface area (TPSA) is 29.5 Å². The minimum Gasteiger partial charge on any atom is -0.444 e. The van der Waals surface area contributed by atoms with E-state index in [2.05, 4.69) is 30.8 Å². The number of carbonyl (C=O) groups is 1. The van der Waals surface area contributed by atoms with E-state index in [1.807, 2.05) is 37.8 Å². The second kappa shape index (κ2) is 6.99. The summed E-state index contributed by atoms with van der Waals surface area (Å²) < 4.78 is 5.55. The third-order valence-electron chi connectivity index (χ3n) is 4.05. The lowest BCUT2D eigenvalue weighted by molar-refractivity contribution is 0.00843. The lowest BCUT2D eigenvalue weighted by Gasteiger charge is -2.40. The maximum atomic E-state index is 12.4. The summed E-state index contributed by atoms with van der Waals surface area (Å²) in [6.07, 6.45) is 4.45. The van der Waals surface area contributed by atoms with Crippen LogP contribution in [0, 0.1) is 0 Å². The van der Waals surface area contributed by atoms with Gasteiger partial charge >= 0.3 is 6.09 Å². The molecule has 0 bridgehead atoms. The summed E-state index contributed by atoms with van der Waals surface area (Å²) in [6.45, 7) is 10.3. The fraction of sp³-hybridized carbons (Fsp3) is 0.526. The Morgan fingerprint density at radius 1 is 1.36 bits per heavy atom. The van der Waals surface area contributed by atoms with Crippen LogP contribution in [0.3, 0.4) is 0 Å². The first-order chi connectivity index (χ1) is 10.4. The number of amides is 1. The number of piperidine rings is 1. The summed E-state index contributed by atoms with van der Waals surface area (Å²) in [5.74, 6) is 0.504. The number of nitrogens with zero attached hydrogens (tertiary/aromatic N) is 1. The molecule has 1 aliphatic heterocycles. The normalized spacial score (nSPS) is 22.2. The van der Waals surface area contributed by atoms with E-state index in [1.54, 1.807) is 0 Å². The molecule has 1 aliphatic rings. The van der Waals surface area contributed by atoms with Crippen molar-refractivity contribution in [2.24, 2.45) is 0 Å². The standard InChI is InChI=1S/C19H27NO2/c1-5-9-17-14-16(15-10-7-6-8-11-15)12-13-20(17)18(21)22-19(2,3)4/h5-8,10-11,16-17H,1,9,12-14H2,2-4H3/t16-,17-/m0/s1. The molecule has 3 nitrogen and oxygen atoms in total. The van der Waals surface area contributed by atoms with Crippen LogP contribution >= 0.6 is 0 Å². The quantitative estimate of drug-likeness (QED) is 0.754. The van der Waals surface area contributed by atoms with Gasteiger partial charge in [-0.15, -0.1) is 6.58 Å². The molecule has 0 unspecified atom stereocenters. The third-order valence-corrected chi connectivity index (χ3v) is 4.05.